The fourth-order valence-corrected chi connectivity index (χ4v) is 1.81. The van der Waals surface area contributed by atoms with Gasteiger partial charge in [-0.2, -0.15) is 0 Å². The number of thiocarbonyl (C=S) groups is 1. The molecular weight excluding hydrogens is 262 g/mol. The van der Waals surface area contributed by atoms with Crippen molar-refractivity contribution < 1.29 is 9.53 Å². The molecular formula is C13H13N3O2S. The van der Waals surface area contributed by atoms with Crippen molar-refractivity contribution in [1.82, 2.24) is 9.55 Å². The SMILES string of the molecule is CCOC(=O)c1ccc(-n2cccc2C(N)=S)nc1. The Labute approximate surface area is 116 Å². The minimum Gasteiger partial charge on any atom is -0.462 e. The van der Waals surface area contributed by atoms with Crippen LogP contribution in [-0.2, 0) is 4.74 Å². The first-order chi connectivity index (χ1) is 9.13. The van der Waals surface area contributed by atoms with Gasteiger partial charge < -0.3 is 10.5 Å². The van der Waals surface area contributed by atoms with Crippen LogP contribution >= 0.6 is 12.2 Å². The molecule has 0 atom stereocenters. The Morgan fingerprint density at radius 3 is 2.84 bits per heavy atom. The molecule has 0 spiro atoms. The summed E-state index contributed by atoms with van der Waals surface area (Å²) in [6.45, 7) is 2.10. The van der Waals surface area contributed by atoms with Gasteiger partial charge in [0.05, 0.1) is 17.9 Å². The highest BCUT2D eigenvalue weighted by Crippen LogP contribution is 2.11. The zero-order valence-corrected chi connectivity index (χ0v) is 11.2. The second-order valence-corrected chi connectivity index (χ2v) is 4.19. The van der Waals surface area contributed by atoms with Crippen LogP contribution in [0.5, 0.6) is 0 Å². The number of hydrogen-bond donors (Lipinski definition) is 1. The number of rotatable bonds is 4. The van der Waals surface area contributed by atoms with Crippen molar-refractivity contribution in [3.63, 3.8) is 0 Å². The molecule has 98 valence electrons. The molecule has 0 amide bonds. The van der Waals surface area contributed by atoms with E-state index in [9.17, 15) is 4.79 Å². The predicted molar refractivity (Wildman–Crippen MR) is 75.4 cm³/mol. The van der Waals surface area contributed by atoms with Crippen LogP contribution in [0.4, 0.5) is 0 Å². The molecule has 0 bridgehead atoms. The lowest BCUT2D eigenvalue weighted by molar-refractivity contribution is 0.0526. The lowest BCUT2D eigenvalue weighted by atomic mass is 10.3. The number of carbonyl (C=O) groups is 1. The standard InChI is InChI=1S/C13H13N3O2S/c1-2-18-13(17)9-5-6-11(15-8-9)16-7-3-4-10(16)12(14)19/h3-8H,2H2,1H3,(H2,14,19). The van der Waals surface area contributed by atoms with Gasteiger partial charge in [0.1, 0.15) is 10.8 Å². The van der Waals surface area contributed by atoms with Crippen LogP contribution in [0.2, 0.25) is 0 Å². The van der Waals surface area contributed by atoms with E-state index < -0.39 is 0 Å². The lowest BCUT2D eigenvalue weighted by Crippen LogP contribution is -2.15. The monoisotopic (exact) mass is 275 g/mol. The molecule has 2 aromatic heterocycles. The zero-order chi connectivity index (χ0) is 13.8. The molecule has 2 N–H and O–H groups in total. The molecule has 0 saturated heterocycles. The van der Waals surface area contributed by atoms with Crippen molar-refractivity contribution in [1.29, 1.82) is 0 Å². The maximum atomic E-state index is 11.5. The highest BCUT2D eigenvalue weighted by molar-refractivity contribution is 7.80. The number of nitrogens with zero attached hydrogens (tertiary/aromatic N) is 2. The Hall–Kier alpha value is -2.21. The molecule has 0 aromatic carbocycles. The largest absolute Gasteiger partial charge is 0.462 e. The van der Waals surface area contributed by atoms with Crippen LogP contribution in [-0.4, -0.2) is 27.1 Å². The summed E-state index contributed by atoms with van der Waals surface area (Å²) in [5.74, 6) is 0.254. The first-order valence-corrected chi connectivity index (χ1v) is 6.15. The van der Waals surface area contributed by atoms with Crippen LogP contribution in [0.15, 0.2) is 36.7 Å². The average Bonchev–Trinajstić information content (AvgIpc) is 2.88. The van der Waals surface area contributed by atoms with Gasteiger partial charge in [-0.05, 0) is 31.2 Å². The van der Waals surface area contributed by atoms with Crippen molar-refractivity contribution >= 4 is 23.2 Å². The Morgan fingerprint density at radius 2 is 2.26 bits per heavy atom. The van der Waals surface area contributed by atoms with E-state index in [-0.39, 0.29) is 5.97 Å². The summed E-state index contributed by atoms with van der Waals surface area (Å²) in [6, 6.07) is 7.01. The Kier molecular flexibility index (Phi) is 3.91. The van der Waals surface area contributed by atoms with E-state index in [1.165, 1.54) is 6.20 Å². The summed E-state index contributed by atoms with van der Waals surface area (Å²) in [5, 5.41) is 0. The highest BCUT2D eigenvalue weighted by Gasteiger charge is 2.09. The molecule has 0 radical (unpaired) electrons. The minimum atomic E-state index is -0.386. The third-order valence-corrected chi connectivity index (χ3v) is 2.72. The van der Waals surface area contributed by atoms with E-state index in [2.05, 4.69) is 4.98 Å². The summed E-state index contributed by atoms with van der Waals surface area (Å²) >= 11 is 4.96. The van der Waals surface area contributed by atoms with Crippen molar-refractivity contribution in [3.8, 4) is 5.82 Å². The number of nitrogens with two attached hydrogens (primary N) is 1. The smallest absolute Gasteiger partial charge is 0.339 e. The number of carbonyl (C=O) groups excluding carboxylic acids is 1. The summed E-state index contributed by atoms with van der Waals surface area (Å²) < 4.78 is 6.66. The summed E-state index contributed by atoms with van der Waals surface area (Å²) in [4.78, 5) is 16.0. The van der Waals surface area contributed by atoms with E-state index in [0.29, 0.717) is 28.7 Å². The van der Waals surface area contributed by atoms with Gasteiger partial charge in [0, 0.05) is 12.4 Å². The maximum absolute atomic E-state index is 11.5. The Balaban J connectivity index is 2.30. The first-order valence-electron chi connectivity index (χ1n) is 5.74. The highest BCUT2D eigenvalue weighted by atomic mass is 32.1. The normalized spacial score (nSPS) is 10.2. The molecule has 19 heavy (non-hydrogen) atoms. The second kappa shape index (κ2) is 5.62. The fourth-order valence-electron chi connectivity index (χ4n) is 1.65. The lowest BCUT2D eigenvalue weighted by Gasteiger charge is -2.07. The Bertz CT molecular complexity index is 605. The maximum Gasteiger partial charge on any atom is 0.339 e. The molecule has 0 saturated carbocycles. The quantitative estimate of drug-likeness (QED) is 0.679. The predicted octanol–water partition coefficient (Wildman–Crippen LogP) is 1.68. The van der Waals surface area contributed by atoms with Crippen LogP contribution in [0.25, 0.3) is 5.82 Å². The van der Waals surface area contributed by atoms with Gasteiger partial charge in [-0.25, -0.2) is 9.78 Å². The van der Waals surface area contributed by atoms with E-state index in [1.807, 2.05) is 12.1 Å². The third-order valence-electron chi connectivity index (χ3n) is 2.51. The summed E-state index contributed by atoms with van der Waals surface area (Å²) in [7, 11) is 0. The van der Waals surface area contributed by atoms with Crippen LogP contribution in [0, 0.1) is 0 Å². The van der Waals surface area contributed by atoms with Crippen molar-refractivity contribution in [2.75, 3.05) is 6.61 Å². The molecule has 0 fully saturated rings. The fraction of sp³-hybridized carbons (Fsp3) is 0.154. The van der Waals surface area contributed by atoms with Crippen LogP contribution in [0.3, 0.4) is 0 Å². The van der Waals surface area contributed by atoms with E-state index in [1.54, 1.807) is 29.8 Å². The molecule has 0 aliphatic heterocycles. The van der Waals surface area contributed by atoms with Gasteiger partial charge in [-0.3, -0.25) is 4.57 Å². The van der Waals surface area contributed by atoms with Gasteiger partial charge in [0.15, 0.2) is 0 Å². The second-order valence-electron chi connectivity index (χ2n) is 3.75. The molecule has 5 nitrogen and oxygen atoms in total. The van der Waals surface area contributed by atoms with Gasteiger partial charge >= 0.3 is 5.97 Å². The van der Waals surface area contributed by atoms with Gasteiger partial charge in [0.25, 0.3) is 0 Å². The minimum absolute atomic E-state index is 0.293. The van der Waals surface area contributed by atoms with E-state index >= 15 is 0 Å². The third kappa shape index (κ3) is 2.79. The molecule has 2 aromatic rings. The molecule has 0 aliphatic rings. The van der Waals surface area contributed by atoms with Crippen molar-refractivity contribution in [3.05, 3.63) is 47.9 Å². The molecule has 2 rings (SSSR count). The zero-order valence-electron chi connectivity index (χ0n) is 10.4. The average molecular weight is 275 g/mol. The van der Waals surface area contributed by atoms with Crippen molar-refractivity contribution in [2.24, 2.45) is 5.73 Å². The van der Waals surface area contributed by atoms with E-state index in [4.69, 9.17) is 22.7 Å². The topological polar surface area (TPSA) is 70.1 Å². The van der Waals surface area contributed by atoms with Crippen LogP contribution in [0.1, 0.15) is 23.0 Å². The van der Waals surface area contributed by atoms with Crippen LogP contribution < -0.4 is 5.73 Å². The summed E-state index contributed by atoms with van der Waals surface area (Å²) in [6.07, 6.45) is 3.28. The van der Waals surface area contributed by atoms with Gasteiger partial charge in [-0.15, -0.1) is 0 Å². The first kappa shape index (κ1) is 13.2. The molecule has 6 heteroatoms. The molecule has 0 unspecified atom stereocenters. The van der Waals surface area contributed by atoms with Gasteiger partial charge in [0.2, 0.25) is 0 Å². The number of ether oxygens (including phenoxy) is 1. The number of pyridine rings is 1. The Morgan fingerprint density at radius 1 is 1.47 bits per heavy atom. The number of hydrogen-bond acceptors (Lipinski definition) is 4. The summed E-state index contributed by atoms with van der Waals surface area (Å²) in [5.41, 5.74) is 6.73. The molecule has 0 aliphatic carbocycles. The van der Waals surface area contributed by atoms with Gasteiger partial charge in [-0.1, -0.05) is 12.2 Å². The van der Waals surface area contributed by atoms with Crippen molar-refractivity contribution in [2.45, 2.75) is 6.92 Å². The van der Waals surface area contributed by atoms with E-state index in [0.717, 1.165) is 0 Å². The number of esters is 1. The molecule has 2 heterocycles. The number of aromatic nitrogens is 2.